The van der Waals surface area contributed by atoms with Crippen LogP contribution >= 0.6 is 0 Å². The van der Waals surface area contributed by atoms with Gasteiger partial charge in [-0.05, 0) is 24.1 Å². The molecule has 2 N–H and O–H groups in total. The van der Waals surface area contributed by atoms with E-state index in [1.807, 2.05) is 19.1 Å². The quantitative estimate of drug-likeness (QED) is 0.724. The predicted octanol–water partition coefficient (Wildman–Crippen LogP) is 1.53. The molecule has 18 heavy (non-hydrogen) atoms. The van der Waals surface area contributed by atoms with Crippen LogP contribution in [-0.4, -0.2) is 32.7 Å². The van der Waals surface area contributed by atoms with Crippen molar-refractivity contribution in [2.45, 2.75) is 26.1 Å². The van der Waals surface area contributed by atoms with Gasteiger partial charge >= 0.3 is 0 Å². The van der Waals surface area contributed by atoms with Gasteiger partial charge in [0.05, 0.1) is 21.3 Å². The predicted molar refractivity (Wildman–Crippen MR) is 69.2 cm³/mol. The molecule has 0 radical (unpaired) electrons. The van der Waals surface area contributed by atoms with Crippen molar-refractivity contribution in [2.75, 3.05) is 21.3 Å². The number of ether oxygens (including phenoxy) is 3. The van der Waals surface area contributed by atoms with Crippen molar-refractivity contribution >= 4 is 0 Å². The Morgan fingerprint density at radius 2 is 1.67 bits per heavy atom. The van der Waals surface area contributed by atoms with Crippen molar-refractivity contribution in [3.8, 4) is 17.2 Å². The standard InChI is InChI=1S/C13H21NO4/c1-5-12(15)14-8-9-6-10(16-2)13(18-4)11(7-9)17-3/h6-7,12,14-15H,5,8H2,1-4H3. The Labute approximate surface area is 108 Å². The largest absolute Gasteiger partial charge is 0.493 e. The van der Waals surface area contributed by atoms with Gasteiger partial charge in [0.1, 0.15) is 6.23 Å². The first-order valence-corrected chi connectivity index (χ1v) is 5.86. The average molecular weight is 255 g/mol. The fourth-order valence-electron chi connectivity index (χ4n) is 1.62. The topological polar surface area (TPSA) is 60.0 Å². The van der Waals surface area contributed by atoms with E-state index in [1.165, 1.54) is 0 Å². The van der Waals surface area contributed by atoms with Gasteiger partial charge in [-0.3, -0.25) is 5.32 Å². The lowest BCUT2D eigenvalue weighted by Gasteiger charge is -2.15. The highest BCUT2D eigenvalue weighted by Crippen LogP contribution is 2.38. The number of hydrogen-bond donors (Lipinski definition) is 2. The van der Waals surface area contributed by atoms with Crippen LogP contribution in [0, 0.1) is 0 Å². The summed E-state index contributed by atoms with van der Waals surface area (Å²) < 4.78 is 15.8. The zero-order valence-corrected chi connectivity index (χ0v) is 11.3. The van der Waals surface area contributed by atoms with Crippen LogP contribution in [-0.2, 0) is 6.54 Å². The minimum atomic E-state index is -0.510. The monoisotopic (exact) mass is 255 g/mol. The summed E-state index contributed by atoms with van der Waals surface area (Å²) in [5.74, 6) is 1.79. The van der Waals surface area contributed by atoms with Gasteiger partial charge in [0.25, 0.3) is 0 Å². The van der Waals surface area contributed by atoms with Crippen LogP contribution in [0.4, 0.5) is 0 Å². The van der Waals surface area contributed by atoms with E-state index in [1.54, 1.807) is 21.3 Å². The Bertz CT molecular complexity index is 356. The van der Waals surface area contributed by atoms with Gasteiger partial charge in [0.2, 0.25) is 5.75 Å². The van der Waals surface area contributed by atoms with Gasteiger partial charge in [-0.15, -0.1) is 0 Å². The van der Waals surface area contributed by atoms with Gasteiger partial charge in [-0.25, -0.2) is 0 Å². The summed E-state index contributed by atoms with van der Waals surface area (Å²) in [5.41, 5.74) is 0.956. The molecule has 0 aliphatic carbocycles. The van der Waals surface area contributed by atoms with Gasteiger partial charge in [-0.2, -0.15) is 0 Å². The van der Waals surface area contributed by atoms with Crippen molar-refractivity contribution in [1.82, 2.24) is 5.32 Å². The van der Waals surface area contributed by atoms with Crippen LogP contribution in [0.15, 0.2) is 12.1 Å². The van der Waals surface area contributed by atoms with E-state index in [-0.39, 0.29) is 0 Å². The van der Waals surface area contributed by atoms with Crippen molar-refractivity contribution in [2.24, 2.45) is 0 Å². The molecule has 0 fully saturated rings. The molecule has 102 valence electrons. The minimum absolute atomic E-state index is 0.510. The second-order valence-corrected chi connectivity index (χ2v) is 3.84. The number of benzene rings is 1. The molecule has 0 saturated heterocycles. The normalized spacial score (nSPS) is 12.1. The third-order valence-electron chi connectivity index (χ3n) is 2.65. The number of aliphatic hydroxyl groups excluding tert-OH is 1. The molecule has 1 rings (SSSR count). The van der Waals surface area contributed by atoms with Crippen molar-refractivity contribution in [3.63, 3.8) is 0 Å². The van der Waals surface area contributed by atoms with E-state index >= 15 is 0 Å². The van der Waals surface area contributed by atoms with Crippen LogP contribution in [0.5, 0.6) is 17.2 Å². The number of rotatable bonds is 7. The van der Waals surface area contributed by atoms with Crippen molar-refractivity contribution in [3.05, 3.63) is 17.7 Å². The molecule has 5 heteroatoms. The summed E-state index contributed by atoms with van der Waals surface area (Å²) >= 11 is 0. The highest BCUT2D eigenvalue weighted by molar-refractivity contribution is 5.53. The van der Waals surface area contributed by atoms with Gasteiger partial charge < -0.3 is 19.3 Å². The van der Waals surface area contributed by atoms with Crippen LogP contribution in [0.2, 0.25) is 0 Å². The van der Waals surface area contributed by atoms with Crippen LogP contribution in [0.3, 0.4) is 0 Å². The third kappa shape index (κ3) is 3.51. The second kappa shape index (κ2) is 7.08. The summed E-state index contributed by atoms with van der Waals surface area (Å²) in [7, 11) is 4.73. The van der Waals surface area contributed by atoms with E-state index in [2.05, 4.69) is 5.32 Å². The minimum Gasteiger partial charge on any atom is -0.493 e. The molecule has 5 nitrogen and oxygen atoms in total. The fraction of sp³-hybridized carbons (Fsp3) is 0.538. The molecule has 1 aromatic rings. The summed E-state index contributed by atoms with van der Waals surface area (Å²) in [4.78, 5) is 0. The molecule has 0 heterocycles. The fourth-order valence-corrected chi connectivity index (χ4v) is 1.62. The first kappa shape index (κ1) is 14.6. The van der Waals surface area contributed by atoms with Gasteiger partial charge in [0, 0.05) is 6.54 Å². The molecule has 0 spiro atoms. The zero-order chi connectivity index (χ0) is 13.5. The van der Waals surface area contributed by atoms with Crippen LogP contribution < -0.4 is 19.5 Å². The molecule has 1 atom stereocenters. The summed E-state index contributed by atoms with van der Waals surface area (Å²) in [6.07, 6.45) is 0.147. The number of hydrogen-bond acceptors (Lipinski definition) is 5. The second-order valence-electron chi connectivity index (χ2n) is 3.84. The number of methoxy groups -OCH3 is 3. The SMILES string of the molecule is CCC(O)NCc1cc(OC)c(OC)c(OC)c1. The Hall–Kier alpha value is -1.46. The number of aliphatic hydroxyl groups is 1. The van der Waals surface area contributed by atoms with E-state index in [0.29, 0.717) is 30.2 Å². The maximum Gasteiger partial charge on any atom is 0.203 e. The summed E-state index contributed by atoms with van der Waals surface area (Å²) in [5, 5.41) is 12.5. The van der Waals surface area contributed by atoms with E-state index < -0.39 is 6.23 Å². The zero-order valence-electron chi connectivity index (χ0n) is 11.3. The molecule has 0 saturated carbocycles. The Balaban J connectivity index is 2.93. The number of nitrogens with one attached hydrogen (secondary N) is 1. The maximum atomic E-state index is 9.47. The Kier molecular flexibility index (Phi) is 5.74. The maximum absolute atomic E-state index is 9.47. The molecule has 0 aliphatic rings. The summed E-state index contributed by atoms with van der Waals surface area (Å²) in [6.45, 7) is 2.44. The van der Waals surface area contributed by atoms with Crippen LogP contribution in [0.25, 0.3) is 0 Å². The highest BCUT2D eigenvalue weighted by Gasteiger charge is 2.13. The Morgan fingerprint density at radius 1 is 1.11 bits per heavy atom. The molecule has 0 amide bonds. The molecule has 0 aromatic heterocycles. The van der Waals surface area contributed by atoms with E-state index in [4.69, 9.17) is 14.2 Å². The lowest BCUT2D eigenvalue weighted by molar-refractivity contribution is 0.131. The smallest absolute Gasteiger partial charge is 0.203 e. The molecule has 1 aromatic carbocycles. The van der Waals surface area contributed by atoms with Crippen LogP contribution in [0.1, 0.15) is 18.9 Å². The van der Waals surface area contributed by atoms with E-state index in [0.717, 1.165) is 5.56 Å². The molecule has 0 aliphatic heterocycles. The Morgan fingerprint density at radius 3 is 2.06 bits per heavy atom. The molecular weight excluding hydrogens is 234 g/mol. The molecule has 1 unspecified atom stereocenters. The highest BCUT2D eigenvalue weighted by atomic mass is 16.5. The average Bonchev–Trinajstić information content (AvgIpc) is 2.43. The lowest BCUT2D eigenvalue weighted by Crippen LogP contribution is -2.27. The van der Waals surface area contributed by atoms with Crippen molar-refractivity contribution < 1.29 is 19.3 Å². The first-order chi connectivity index (χ1) is 8.65. The van der Waals surface area contributed by atoms with E-state index in [9.17, 15) is 5.11 Å². The van der Waals surface area contributed by atoms with Gasteiger partial charge in [-0.1, -0.05) is 6.92 Å². The molecular formula is C13H21NO4. The van der Waals surface area contributed by atoms with Crippen molar-refractivity contribution in [1.29, 1.82) is 0 Å². The molecule has 0 bridgehead atoms. The van der Waals surface area contributed by atoms with Gasteiger partial charge in [0.15, 0.2) is 11.5 Å². The first-order valence-electron chi connectivity index (χ1n) is 5.86. The lowest BCUT2D eigenvalue weighted by atomic mass is 10.1. The third-order valence-corrected chi connectivity index (χ3v) is 2.65. The summed E-state index contributed by atoms with van der Waals surface area (Å²) in [6, 6.07) is 3.72.